The fraction of sp³-hybridized carbons (Fsp3) is 0.750. The second kappa shape index (κ2) is 4.47. The summed E-state index contributed by atoms with van der Waals surface area (Å²) in [6, 6.07) is -0.0185. The van der Waals surface area contributed by atoms with Gasteiger partial charge in [-0.15, -0.1) is 0 Å². The molecular weight excluding hydrogens is 126 g/mol. The Hall–Kier alpha value is -0.340. The maximum Gasteiger partial charge on any atom is 0.0757 e. The smallest absolute Gasteiger partial charge is 0.0757 e. The van der Waals surface area contributed by atoms with E-state index in [0.717, 1.165) is 12.0 Å². The summed E-state index contributed by atoms with van der Waals surface area (Å²) >= 11 is 0. The maximum absolute atomic E-state index is 5.76. The molecule has 0 aliphatic heterocycles. The topological polar surface area (TPSA) is 35.2 Å². The molecule has 0 aromatic rings. The fourth-order valence-electron chi connectivity index (χ4n) is 0.885. The van der Waals surface area contributed by atoms with Crippen molar-refractivity contribution in [2.45, 2.75) is 32.4 Å². The van der Waals surface area contributed by atoms with Gasteiger partial charge in [-0.2, -0.15) is 0 Å². The van der Waals surface area contributed by atoms with Crippen molar-refractivity contribution in [2.75, 3.05) is 7.11 Å². The molecule has 2 atom stereocenters. The van der Waals surface area contributed by atoms with E-state index in [1.807, 2.05) is 6.92 Å². The monoisotopic (exact) mass is 143 g/mol. The largest absolute Gasteiger partial charge is 0.380 e. The first-order valence-electron chi connectivity index (χ1n) is 3.57. The first kappa shape index (κ1) is 9.66. The molecule has 0 saturated carbocycles. The van der Waals surface area contributed by atoms with Crippen LogP contribution in [0.1, 0.15) is 20.3 Å². The third-order valence-electron chi connectivity index (χ3n) is 1.67. The van der Waals surface area contributed by atoms with Crippen molar-refractivity contribution in [1.82, 2.24) is 0 Å². The molecule has 0 aliphatic carbocycles. The van der Waals surface area contributed by atoms with E-state index < -0.39 is 0 Å². The molecule has 0 radical (unpaired) electrons. The Kier molecular flexibility index (Phi) is 4.32. The minimum Gasteiger partial charge on any atom is -0.380 e. The number of hydrogen-bond donors (Lipinski definition) is 1. The molecule has 2 N–H and O–H groups in total. The quantitative estimate of drug-likeness (QED) is 0.602. The van der Waals surface area contributed by atoms with Crippen LogP contribution in [0.5, 0.6) is 0 Å². The van der Waals surface area contributed by atoms with Crippen molar-refractivity contribution in [2.24, 2.45) is 5.73 Å². The van der Waals surface area contributed by atoms with Crippen molar-refractivity contribution < 1.29 is 4.74 Å². The van der Waals surface area contributed by atoms with Crippen LogP contribution in [0.15, 0.2) is 12.2 Å². The van der Waals surface area contributed by atoms with Crippen LogP contribution in [-0.2, 0) is 4.74 Å². The summed E-state index contributed by atoms with van der Waals surface area (Å²) in [4.78, 5) is 0. The minimum atomic E-state index is -0.0185. The Bertz CT molecular complexity index is 108. The van der Waals surface area contributed by atoms with E-state index in [2.05, 4.69) is 13.5 Å². The average Bonchev–Trinajstić information content (AvgIpc) is 1.90. The molecule has 10 heavy (non-hydrogen) atoms. The Morgan fingerprint density at radius 2 is 2.20 bits per heavy atom. The first-order valence-corrected chi connectivity index (χ1v) is 3.57. The summed E-state index contributed by atoms with van der Waals surface area (Å²) < 4.78 is 5.14. The molecule has 0 amide bonds. The highest BCUT2D eigenvalue weighted by atomic mass is 16.5. The molecular formula is C8H17NO. The molecule has 60 valence electrons. The summed E-state index contributed by atoms with van der Waals surface area (Å²) in [5, 5.41) is 0. The number of nitrogens with two attached hydrogens (primary N) is 1. The lowest BCUT2D eigenvalue weighted by atomic mass is 10.0. The third kappa shape index (κ3) is 2.50. The lowest BCUT2D eigenvalue weighted by molar-refractivity contribution is 0.0865. The van der Waals surface area contributed by atoms with E-state index in [4.69, 9.17) is 10.5 Å². The molecule has 0 rings (SSSR count). The summed E-state index contributed by atoms with van der Waals surface area (Å²) in [6.07, 6.45) is 1.06. The predicted molar refractivity (Wildman–Crippen MR) is 43.9 cm³/mol. The molecule has 2 nitrogen and oxygen atoms in total. The van der Waals surface area contributed by atoms with Crippen molar-refractivity contribution in [3.63, 3.8) is 0 Å². The molecule has 0 saturated heterocycles. The highest BCUT2D eigenvalue weighted by Gasteiger charge is 2.14. The highest BCUT2D eigenvalue weighted by molar-refractivity contribution is 5.03. The third-order valence-corrected chi connectivity index (χ3v) is 1.67. The molecule has 0 fully saturated rings. The van der Waals surface area contributed by atoms with Crippen LogP contribution in [-0.4, -0.2) is 19.3 Å². The summed E-state index contributed by atoms with van der Waals surface area (Å²) in [7, 11) is 1.68. The van der Waals surface area contributed by atoms with Crippen molar-refractivity contribution in [1.29, 1.82) is 0 Å². The van der Waals surface area contributed by atoms with E-state index in [1.165, 1.54) is 0 Å². The first-order chi connectivity index (χ1) is 4.63. The SMILES string of the molecule is C=C(C)C(N)C(CC)OC. The number of rotatable bonds is 4. The van der Waals surface area contributed by atoms with E-state index in [9.17, 15) is 0 Å². The number of methoxy groups -OCH3 is 1. The van der Waals surface area contributed by atoms with Crippen LogP contribution in [0, 0.1) is 0 Å². The van der Waals surface area contributed by atoms with Crippen molar-refractivity contribution >= 4 is 0 Å². The van der Waals surface area contributed by atoms with Gasteiger partial charge in [-0.3, -0.25) is 0 Å². The van der Waals surface area contributed by atoms with E-state index >= 15 is 0 Å². The van der Waals surface area contributed by atoms with Gasteiger partial charge < -0.3 is 10.5 Å². The Morgan fingerprint density at radius 3 is 2.30 bits per heavy atom. The lowest BCUT2D eigenvalue weighted by Gasteiger charge is -2.20. The summed E-state index contributed by atoms with van der Waals surface area (Å²) in [5.74, 6) is 0. The highest BCUT2D eigenvalue weighted by Crippen LogP contribution is 2.06. The summed E-state index contributed by atoms with van der Waals surface area (Å²) in [6.45, 7) is 7.74. The molecule has 0 spiro atoms. The molecule has 0 bridgehead atoms. The van der Waals surface area contributed by atoms with Gasteiger partial charge in [-0.25, -0.2) is 0 Å². The maximum atomic E-state index is 5.76. The van der Waals surface area contributed by atoms with Gasteiger partial charge >= 0.3 is 0 Å². The van der Waals surface area contributed by atoms with Crippen LogP contribution in [0.3, 0.4) is 0 Å². The average molecular weight is 143 g/mol. The number of hydrogen-bond acceptors (Lipinski definition) is 2. The van der Waals surface area contributed by atoms with Gasteiger partial charge in [-0.1, -0.05) is 19.1 Å². The van der Waals surface area contributed by atoms with Crippen molar-refractivity contribution in [3.05, 3.63) is 12.2 Å². The van der Waals surface area contributed by atoms with Crippen LogP contribution in [0.4, 0.5) is 0 Å². The Balaban J connectivity index is 3.88. The fourth-order valence-corrected chi connectivity index (χ4v) is 0.885. The zero-order valence-electron chi connectivity index (χ0n) is 7.05. The van der Waals surface area contributed by atoms with Gasteiger partial charge in [0.1, 0.15) is 0 Å². The second-order valence-electron chi connectivity index (χ2n) is 2.55. The van der Waals surface area contributed by atoms with Gasteiger partial charge in [0.15, 0.2) is 0 Å². The van der Waals surface area contributed by atoms with Crippen molar-refractivity contribution in [3.8, 4) is 0 Å². The zero-order chi connectivity index (χ0) is 8.15. The van der Waals surface area contributed by atoms with E-state index in [1.54, 1.807) is 7.11 Å². The molecule has 0 aliphatic rings. The summed E-state index contributed by atoms with van der Waals surface area (Å²) in [5.41, 5.74) is 6.74. The van der Waals surface area contributed by atoms with Gasteiger partial charge in [0, 0.05) is 7.11 Å². The van der Waals surface area contributed by atoms with E-state index in [0.29, 0.717) is 0 Å². The van der Waals surface area contributed by atoms with Gasteiger partial charge in [0.25, 0.3) is 0 Å². The minimum absolute atomic E-state index is 0.0185. The molecule has 0 aromatic heterocycles. The van der Waals surface area contributed by atoms with Crippen LogP contribution in [0.2, 0.25) is 0 Å². The zero-order valence-corrected chi connectivity index (χ0v) is 7.05. The van der Waals surface area contributed by atoms with Crippen LogP contribution >= 0.6 is 0 Å². The lowest BCUT2D eigenvalue weighted by Crippen LogP contribution is -2.36. The second-order valence-corrected chi connectivity index (χ2v) is 2.55. The van der Waals surface area contributed by atoms with Crippen LogP contribution < -0.4 is 5.73 Å². The van der Waals surface area contributed by atoms with Crippen LogP contribution in [0.25, 0.3) is 0 Å². The predicted octanol–water partition coefficient (Wildman–Crippen LogP) is 1.31. The standard InChI is InChI=1S/C8H17NO/c1-5-7(10-4)8(9)6(2)3/h7-8H,2,5,9H2,1,3-4H3. The molecule has 2 heteroatoms. The molecule has 0 heterocycles. The normalized spacial score (nSPS) is 16.4. The number of ether oxygens (including phenoxy) is 1. The molecule has 2 unspecified atom stereocenters. The molecule has 0 aromatic carbocycles. The van der Waals surface area contributed by atoms with Gasteiger partial charge in [0.05, 0.1) is 12.1 Å². The van der Waals surface area contributed by atoms with E-state index in [-0.39, 0.29) is 12.1 Å². The van der Waals surface area contributed by atoms with Gasteiger partial charge in [0.2, 0.25) is 0 Å². The Morgan fingerprint density at radius 1 is 1.70 bits per heavy atom. The Labute approximate surface area is 63.1 Å². The van der Waals surface area contributed by atoms with Gasteiger partial charge in [-0.05, 0) is 13.3 Å².